The lowest BCUT2D eigenvalue weighted by Gasteiger charge is -2.19. The largest absolute Gasteiger partial charge is 0.481 e. The van der Waals surface area contributed by atoms with Crippen molar-refractivity contribution < 1.29 is 14.6 Å². The number of hydrogen-bond acceptors (Lipinski definition) is 3. The molecule has 2 rings (SSSR count). The first-order valence-corrected chi connectivity index (χ1v) is 5.47. The van der Waals surface area contributed by atoms with Gasteiger partial charge in [-0.1, -0.05) is 0 Å². The lowest BCUT2D eigenvalue weighted by molar-refractivity contribution is -0.142. The smallest absolute Gasteiger partial charge is 0.308 e. The van der Waals surface area contributed by atoms with Crippen molar-refractivity contribution in [2.24, 2.45) is 5.92 Å². The molecule has 1 atom stereocenters. The number of carboxylic acids is 1. The first-order valence-electron chi connectivity index (χ1n) is 5.47. The molecule has 1 unspecified atom stereocenters. The standard InChI is InChI=1S/C11H16N2O3/c1-16-5-4-9-7-13-6-8(11(14)15)2-3-10(13)12-9/h7-8H,2-6H2,1H3,(H,14,15). The lowest BCUT2D eigenvalue weighted by Crippen LogP contribution is -2.26. The van der Waals surface area contributed by atoms with E-state index in [4.69, 9.17) is 9.84 Å². The van der Waals surface area contributed by atoms with E-state index < -0.39 is 5.97 Å². The summed E-state index contributed by atoms with van der Waals surface area (Å²) in [6, 6.07) is 0. The summed E-state index contributed by atoms with van der Waals surface area (Å²) in [6.45, 7) is 1.20. The third-order valence-electron chi connectivity index (χ3n) is 2.95. The van der Waals surface area contributed by atoms with Crippen LogP contribution in [0.5, 0.6) is 0 Å². The van der Waals surface area contributed by atoms with Gasteiger partial charge in [0.15, 0.2) is 0 Å². The van der Waals surface area contributed by atoms with Crippen LogP contribution in [0, 0.1) is 5.92 Å². The summed E-state index contributed by atoms with van der Waals surface area (Å²) in [5.41, 5.74) is 0.989. The molecule has 0 radical (unpaired) electrons. The van der Waals surface area contributed by atoms with Crippen molar-refractivity contribution in [2.75, 3.05) is 13.7 Å². The van der Waals surface area contributed by atoms with Crippen LogP contribution in [0.2, 0.25) is 0 Å². The van der Waals surface area contributed by atoms with Crippen LogP contribution in [-0.4, -0.2) is 34.3 Å². The molecule has 2 heterocycles. The van der Waals surface area contributed by atoms with E-state index in [2.05, 4.69) is 4.98 Å². The molecule has 0 aliphatic carbocycles. The number of carbonyl (C=O) groups is 1. The lowest BCUT2D eigenvalue weighted by atomic mass is 10.00. The number of ether oxygens (including phenoxy) is 1. The number of imidazole rings is 1. The van der Waals surface area contributed by atoms with Gasteiger partial charge in [-0.15, -0.1) is 0 Å². The monoisotopic (exact) mass is 224 g/mol. The van der Waals surface area contributed by atoms with Gasteiger partial charge < -0.3 is 14.4 Å². The van der Waals surface area contributed by atoms with Crippen molar-refractivity contribution in [1.29, 1.82) is 0 Å². The second kappa shape index (κ2) is 4.65. The van der Waals surface area contributed by atoms with Crippen LogP contribution in [0.4, 0.5) is 0 Å². The van der Waals surface area contributed by atoms with Crippen LogP contribution < -0.4 is 0 Å². The number of nitrogens with zero attached hydrogens (tertiary/aromatic N) is 2. The quantitative estimate of drug-likeness (QED) is 0.818. The van der Waals surface area contributed by atoms with Crippen molar-refractivity contribution in [3.05, 3.63) is 17.7 Å². The van der Waals surface area contributed by atoms with Gasteiger partial charge in [-0.3, -0.25) is 4.79 Å². The number of methoxy groups -OCH3 is 1. The minimum absolute atomic E-state index is 0.267. The maximum Gasteiger partial charge on any atom is 0.308 e. The molecule has 0 bridgehead atoms. The Morgan fingerprint density at radius 1 is 1.75 bits per heavy atom. The van der Waals surface area contributed by atoms with Gasteiger partial charge in [-0.25, -0.2) is 4.98 Å². The Morgan fingerprint density at radius 3 is 3.25 bits per heavy atom. The van der Waals surface area contributed by atoms with Crippen molar-refractivity contribution in [1.82, 2.24) is 9.55 Å². The fourth-order valence-corrected chi connectivity index (χ4v) is 2.03. The average molecular weight is 224 g/mol. The summed E-state index contributed by atoms with van der Waals surface area (Å²) in [5, 5.41) is 8.96. The first-order chi connectivity index (χ1) is 7.70. The molecule has 0 spiro atoms. The Bertz CT molecular complexity index is 387. The van der Waals surface area contributed by atoms with Gasteiger partial charge in [0.05, 0.1) is 18.2 Å². The molecule has 1 aliphatic rings. The highest BCUT2D eigenvalue weighted by atomic mass is 16.5. The number of carboxylic acid groups (broad SMARTS) is 1. The van der Waals surface area contributed by atoms with E-state index in [1.807, 2.05) is 10.8 Å². The van der Waals surface area contributed by atoms with E-state index in [1.165, 1.54) is 0 Å². The fourth-order valence-electron chi connectivity index (χ4n) is 2.03. The Morgan fingerprint density at radius 2 is 2.56 bits per heavy atom. The normalized spacial score (nSPS) is 19.4. The van der Waals surface area contributed by atoms with Crippen LogP contribution >= 0.6 is 0 Å². The van der Waals surface area contributed by atoms with Crippen LogP contribution in [0.25, 0.3) is 0 Å². The summed E-state index contributed by atoms with van der Waals surface area (Å²) in [4.78, 5) is 15.4. The summed E-state index contributed by atoms with van der Waals surface area (Å²) < 4.78 is 6.96. The molecule has 0 saturated heterocycles. The minimum atomic E-state index is -0.710. The van der Waals surface area contributed by atoms with Gasteiger partial charge >= 0.3 is 5.97 Å². The highest BCUT2D eigenvalue weighted by Crippen LogP contribution is 2.20. The SMILES string of the molecule is COCCc1cn2c(n1)CCC(C(=O)O)C2. The molecule has 88 valence electrons. The predicted octanol–water partition coefficient (Wildman–Crippen LogP) is 0.719. The van der Waals surface area contributed by atoms with E-state index in [0.717, 1.165) is 24.4 Å². The topological polar surface area (TPSA) is 64.4 Å². The molecule has 1 N–H and O–H groups in total. The second-order valence-corrected chi connectivity index (χ2v) is 4.12. The molecule has 5 heteroatoms. The maximum atomic E-state index is 10.9. The average Bonchev–Trinajstić information content (AvgIpc) is 2.67. The predicted molar refractivity (Wildman–Crippen MR) is 57.3 cm³/mol. The minimum Gasteiger partial charge on any atom is -0.481 e. The van der Waals surface area contributed by atoms with Crippen LogP contribution in [0.15, 0.2) is 6.20 Å². The molecule has 0 aromatic carbocycles. The number of aryl methyl sites for hydroxylation is 1. The molecule has 16 heavy (non-hydrogen) atoms. The molecule has 0 fully saturated rings. The number of rotatable bonds is 4. The third-order valence-corrected chi connectivity index (χ3v) is 2.95. The molecular formula is C11H16N2O3. The number of aliphatic carboxylic acids is 1. The fraction of sp³-hybridized carbons (Fsp3) is 0.636. The maximum absolute atomic E-state index is 10.9. The summed E-state index contributed by atoms with van der Waals surface area (Å²) in [7, 11) is 1.66. The molecule has 1 aromatic rings. The zero-order valence-corrected chi connectivity index (χ0v) is 9.35. The zero-order valence-electron chi connectivity index (χ0n) is 9.35. The van der Waals surface area contributed by atoms with Crippen LogP contribution in [-0.2, 0) is 28.9 Å². The molecule has 0 amide bonds. The van der Waals surface area contributed by atoms with Crippen molar-refractivity contribution >= 4 is 5.97 Å². The molecule has 0 saturated carbocycles. The van der Waals surface area contributed by atoms with Crippen molar-refractivity contribution in [3.63, 3.8) is 0 Å². The van der Waals surface area contributed by atoms with Crippen molar-refractivity contribution in [3.8, 4) is 0 Å². The highest BCUT2D eigenvalue weighted by molar-refractivity contribution is 5.70. The molecule has 1 aromatic heterocycles. The third kappa shape index (κ3) is 2.24. The number of hydrogen-bond donors (Lipinski definition) is 1. The van der Waals surface area contributed by atoms with Crippen LogP contribution in [0.3, 0.4) is 0 Å². The van der Waals surface area contributed by atoms with E-state index >= 15 is 0 Å². The first kappa shape index (κ1) is 11.1. The summed E-state index contributed by atoms with van der Waals surface area (Å²) >= 11 is 0. The Labute approximate surface area is 94.1 Å². The van der Waals surface area contributed by atoms with Gasteiger partial charge in [0, 0.05) is 32.7 Å². The van der Waals surface area contributed by atoms with E-state index in [1.54, 1.807) is 7.11 Å². The van der Waals surface area contributed by atoms with E-state index in [-0.39, 0.29) is 5.92 Å². The number of fused-ring (bicyclic) bond motifs is 1. The molecule has 1 aliphatic heterocycles. The molecular weight excluding hydrogens is 208 g/mol. The van der Waals surface area contributed by atoms with E-state index in [0.29, 0.717) is 19.6 Å². The summed E-state index contributed by atoms with van der Waals surface area (Å²) in [5.74, 6) is 0.0263. The summed E-state index contributed by atoms with van der Waals surface area (Å²) in [6.07, 6.45) is 4.18. The molecule has 5 nitrogen and oxygen atoms in total. The van der Waals surface area contributed by atoms with Gasteiger partial charge in [-0.2, -0.15) is 0 Å². The Balaban J connectivity index is 2.07. The second-order valence-electron chi connectivity index (χ2n) is 4.12. The number of aromatic nitrogens is 2. The van der Waals surface area contributed by atoms with Gasteiger partial charge in [-0.05, 0) is 6.42 Å². The van der Waals surface area contributed by atoms with Gasteiger partial charge in [0.2, 0.25) is 0 Å². The zero-order chi connectivity index (χ0) is 11.5. The van der Waals surface area contributed by atoms with E-state index in [9.17, 15) is 4.79 Å². The van der Waals surface area contributed by atoms with Gasteiger partial charge in [0.1, 0.15) is 5.82 Å². The Hall–Kier alpha value is -1.36. The van der Waals surface area contributed by atoms with Crippen molar-refractivity contribution in [2.45, 2.75) is 25.8 Å². The van der Waals surface area contributed by atoms with Gasteiger partial charge in [0.25, 0.3) is 0 Å². The highest BCUT2D eigenvalue weighted by Gasteiger charge is 2.25. The van der Waals surface area contributed by atoms with Crippen LogP contribution in [0.1, 0.15) is 17.9 Å². The Kier molecular flexibility index (Phi) is 3.24.